The van der Waals surface area contributed by atoms with E-state index in [0.717, 1.165) is 36.5 Å². The Kier molecular flexibility index (Phi) is 8.10. The SMILES string of the molecule is OCCC1CCCC(CCCC2CCCC(CCO)C2)C1. The van der Waals surface area contributed by atoms with Crippen molar-refractivity contribution in [3.8, 4) is 0 Å². The minimum absolute atomic E-state index is 0.381. The molecule has 0 aromatic carbocycles. The molecular formula is C19H36O2. The summed E-state index contributed by atoms with van der Waals surface area (Å²) in [6, 6.07) is 0. The summed E-state index contributed by atoms with van der Waals surface area (Å²) in [5, 5.41) is 18.2. The molecule has 0 radical (unpaired) electrons. The topological polar surface area (TPSA) is 40.5 Å². The molecule has 4 unspecified atom stereocenters. The van der Waals surface area contributed by atoms with E-state index < -0.39 is 0 Å². The molecule has 0 heterocycles. The van der Waals surface area contributed by atoms with Crippen LogP contribution in [0, 0.1) is 23.7 Å². The van der Waals surface area contributed by atoms with E-state index in [9.17, 15) is 0 Å². The minimum atomic E-state index is 0.381. The molecule has 0 aromatic rings. The first-order valence-electron chi connectivity index (χ1n) is 9.53. The Morgan fingerprint density at radius 3 is 1.33 bits per heavy atom. The average molecular weight is 296 g/mol. The van der Waals surface area contributed by atoms with Gasteiger partial charge in [0.1, 0.15) is 0 Å². The van der Waals surface area contributed by atoms with Gasteiger partial charge in [0.25, 0.3) is 0 Å². The van der Waals surface area contributed by atoms with Crippen molar-refractivity contribution in [3.63, 3.8) is 0 Å². The van der Waals surface area contributed by atoms with Crippen molar-refractivity contribution < 1.29 is 10.2 Å². The van der Waals surface area contributed by atoms with Crippen LogP contribution in [-0.2, 0) is 0 Å². The van der Waals surface area contributed by atoms with Gasteiger partial charge < -0.3 is 10.2 Å². The Labute approximate surface area is 131 Å². The maximum Gasteiger partial charge on any atom is 0.0433 e. The largest absolute Gasteiger partial charge is 0.396 e. The zero-order valence-electron chi connectivity index (χ0n) is 13.8. The summed E-state index contributed by atoms with van der Waals surface area (Å²) in [4.78, 5) is 0. The summed E-state index contributed by atoms with van der Waals surface area (Å²) in [5.41, 5.74) is 0. The summed E-state index contributed by atoms with van der Waals surface area (Å²) in [6.07, 6.45) is 17.4. The van der Waals surface area contributed by atoms with E-state index in [4.69, 9.17) is 10.2 Å². The molecule has 124 valence electrons. The molecule has 2 aliphatic carbocycles. The average Bonchev–Trinajstić information content (AvgIpc) is 2.49. The second kappa shape index (κ2) is 9.84. The molecule has 0 bridgehead atoms. The molecular weight excluding hydrogens is 260 g/mol. The molecule has 0 aliphatic heterocycles. The Balaban J connectivity index is 1.60. The van der Waals surface area contributed by atoms with Crippen LogP contribution in [0.2, 0.25) is 0 Å². The predicted molar refractivity (Wildman–Crippen MR) is 88.2 cm³/mol. The fourth-order valence-electron chi connectivity index (χ4n) is 4.91. The zero-order valence-corrected chi connectivity index (χ0v) is 13.8. The molecule has 2 N–H and O–H groups in total. The van der Waals surface area contributed by atoms with Gasteiger partial charge in [-0.1, -0.05) is 57.8 Å². The highest BCUT2D eigenvalue weighted by Gasteiger charge is 2.23. The highest BCUT2D eigenvalue weighted by molar-refractivity contribution is 4.76. The van der Waals surface area contributed by atoms with Crippen molar-refractivity contribution in [1.82, 2.24) is 0 Å². The van der Waals surface area contributed by atoms with E-state index in [2.05, 4.69) is 0 Å². The third kappa shape index (κ3) is 6.28. The van der Waals surface area contributed by atoms with Crippen LogP contribution in [0.1, 0.15) is 83.5 Å². The highest BCUT2D eigenvalue weighted by Crippen LogP contribution is 2.37. The van der Waals surface area contributed by atoms with Gasteiger partial charge in [-0.25, -0.2) is 0 Å². The van der Waals surface area contributed by atoms with E-state index in [1.807, 2.05) is 0 Å². The Hall–Kier alpha value is -0.0800. The lowest BCUT2D eigenvalue weighted by Crippen LogP contribution is -2.18. The lowest BCUT2D eigenvalue weighted by molar-refractivity contribution is 0.179. The van der Waals surface area contributed by atoms with Gasteiger partial charge in [0.05, 0.1) is 0 Å². The quantitative estimate of drug-likeness (QED) is 0.690. The van der Waals surface area contributed by atoms with E-state index in [1.165, 1.54) is 70.6 Å². The van der Waals surface area contributed by atoms with Crippen LogP contribution in [0.25, 0.3) is 0 Å². The van der Waals surface area contributed by atoms with Gasteiger partial charge in [0.15, 0.2) is 0 Å². The molecule has 0 saturated heterocycles. The second-order valence-corrected chi connectivity index (χ2v) is 7.75. The van der Waals surface area contributed by atoms with E-state index >= 15 is 0 Å². The molecule has 2 heteroatoms. The van der Waals surface area contributed by atoms with Crippen molar-refractivity contribution in [2.45, 2.75) is 83.5 Å². The number of hydrogen-bond acceptors (Lipinski definition) is 2. The fraction of sp³-hybridized carbons (Fsp3) is 1.00. The molecule has 2 nitrogen and oxygen atoms in total. The molecule has 0 spiro atoms. The fourth-order valence-corrected chi connectivity index (χ4v) is 4.91. The summed E-state index contributed by atoms with van der Waals surface area (Å²) in [7, 11) is 0. The maximum atomic E-state index is 9.10. The van der Waals surface area contributed by atoms with Crippen LogP contribution < -0.4 is 0 Å². The maximum absolute atomic E-state index is 9.10. The van der Waals surface area contributed by atoms with Crippen molar-refractivity contribution in [2.75, 3.05) is 13.2 Å². The number of hydrogen-bond donors (Lipinski definition) is 2. The van der Waals surface area contributed by atoms with E-state index in [0.29, 0.717) is 13.2 Å². The first-order chi connectivity index (χ1) is 10.3. The smallest absolute Gasteiger partial charge is 0.0433 e. The lowest BCUT2D eigenvalue weighted by Gasteiger charge is -2.31. The summed E-state index contributed by atoms with van der Waals surface area (Å²) >= 11 is 0. The summed E-state index contributed by atoms with van der Waals surface area (Å²) in [5.74, 6) is 3.48. The molecule has 4 atom stereocenters. The van der Waals surface area contributed by atoms with Crippen molar-refractivity contribution in [1.29, 1.82) is 0 Å². The van der Waals surface area contributed by atoms with Gasteiger partial charge in [-0.15, -0.1) is 0 Å². The molecule has 21 heavy (non-hydrogen) atoms. The molecule has 2 saturated carbocycles. The molecule has 2 fully saturated rings. The molecule has 0 amide bonds. The second-order valence-electron chi connectivity index (χ2n) is 7.75. The van der Waals surface area contributed by atoms with Crippen LogP contribution in [0.3, 0.4) is 0 Å². The number of rotatable bonds is 8. The molecule has 2 aliphatic rings. The lowest BCUT2D eigenvalue weighted by atomic mass is 9.75. The first kappa shape index (κ1) is 17.3. The van der Waals surface area contributed by atoms with Gasteiger partial charge in [-0.2, -0.15) is 0 Å². The predicted octanol–water partition coefficient (Wildman–Crippen LogP) is 4.53. The van der Waals surface area contributed by atoms with Gasteiger partial charge >= 0.3 is 0 Å². The minimum Gasteiger partial charge on any atom is -0.396 e. The third-order valence-electron chi connectivity index (χ3n) is 6.08. The Morgan fingerprint density at radius 1 is 0.571 bits per heavy atom. The van der Waals surface area contributed by atoms with E-state index in [1.54, 1.807) is 0 Å². The Bertz CT molecular complexity index is 236. The summed E-state index contributed by atoms with van der Waals surface area (Å²) in [6.45, 7) is 0.761. The first-order valence-corrected chi connectivity index (χ1v) is 9.53. The van der Waals surface area contributed by atoms with E-state index in [-0.39, 0.29) is 0 Å². The van der Waals surface area contributed by atoms with Gasteiger partial charge in [0, 0.05) is 13.2 Å². The number of aliphatic hydroxyl groups is 2. The highest BCUT2D eigenvalue weighted by atomic mass is 16.3. The third-order valence-corrected chi connectivity index (χ3v) is 6.08. The van der Waals surface area contributed by atoms with Gasteiger partial charge in [0.2, 0.25) is 0 Å². The normalized spacial score (nSPS) is 34.0. The van der Waals surface area contributed by atoms with Crippen LogP contribution in [-0.4, -0.2) is 23.4 Å². The van der Waals surface area contributed by atoms with Crippen molar-refractivity contribution in [3.05, 3.63) is 0 Å². The van der Waals surface area contributed by atoms with Crippen LogP contribution >= 0.6 is 0 Å². The van der Waals surface area contributed by atoms with Gasteiger partial charge in [-0.05, 0) is 49.4 Å². The van der Waals surface area contributed by atoms with Crippen LogP contribution in [0.5, 0.6) is 0 Å². The zero-order chi connectivity index (χ0) is 14.9. The monoisotopic (exact) mass is 296 g/mol. The van der Waals surface area contributed by atoms with Crippen LogP contribution in [0.15, 0.2) is 0 Å². The van der Waals surface area contributed by atoms with Crippen molar-refractivity contribution >= 4 is 0 Å². The van der Waals surface area contributed by atoms with Crippen LogP contribution in [0.4, 0.5) is 0 Å². The summed E-state index contributed by atoms with van der Waals surface area (Å²) < 4.78 is 0. The van der Waals surface area contributed by atoms with Gasteiger partial charge in [-0.3, -0.25) is 0 Å². The number of aliphatic hydroxyl groups excluding tert-OH is 2. The Morgan fingerprint density at radius 2 is 0.952 bits per heavy atom. The molecule has 0 aromatic heterocycles. The van der Waals surface area contributed by atoms with Crippen molar-refractivity contribution in [2.24, 2.45) is 23.7 Å². The molecule has 2 rings (SSSR count). The standard InChI is InChI=1S/C19H36O2/c20-12-10-18-8-2-6-16(14-18)4-1-5-17-7-3-9-19(15-17)11-13-21/h16-21H,1-15H2.